The van der Waals surface area contributed by atoms with Crippen LogP contribution in [0.4, 0.5) is 4.39 Å². The van der Waals surface area contributed by atoms with Gasteiger partial charge in [0.05, 0.1) is 0 Å². The number of aryl methyl sites for hydroxylation is 1. The van der Waals surface area contributed by atoms with Gasteiger partial charge >= 0.3 is 0 Å². The summed E-state index contributed by atoms with van der Waals surface area (Å²) in [6.07, 6.45) is 4.45. The summed E-state index contributed by atoms with van der Waals surface area (Å²) >= 11 is 0. The lowest BCUT2D eigenvalue weighted by Gasteiger charge is -2.35. The molecule has 0 spiro atoms. The van der Waals surface area contributed by atoms with Gasteiger partial charge in [0.15, 0.2) is 0 Å². The van der Waals surface area contributed by atoms with Crippen molar-refractivity contribution < 1.29 is 4.39 Å². The van der Waals surface area contributed by atoms with E-state index < -0.39 is 0 Å². The van der Waals surface area contributed by atoms with Crippen LogP contribution >= 0.6 is 0 Å². The van der Waals surface area contributed by atoms with Gasteiger partial charge in [0, 0.05) is 12.1 Å². The Hall–Kier alpha value is -0.930. The maximum atomic E-state index is 12.8. The topological polar surface area (TPSA) is 29.3 Å². The van der Waals surface area contributed by atoms with Crippen LogP contribution in [0.3, 0.4) is 0 Å². The van der Waals surface area contributed by atoms with E-state index in [1.165, 1.54) is 30.5 Å². The highest BCUT2D eigenvalue weighted by Crippen LogP contribution is 2.31. The van der Waals surface area contributed by atoms with Crippen molar-refractivity contribution in [1.29, 1.82) is 0 Å². The standard InChI is InChI=1S/C14H21FN2/c1-17-10-2-8-14(17,11-16)9-7-12-3-5-13(15)6-4-12/h3-6H,2,7-11,16H2,1H3. The molecule has 1 fully saturated rings. The lowest BCUT2D eigenvalue weighted by atomic mass is 9.89. The molecular formula is C14H21FN2. The Labute approximate surface area is 103 Å². The summed E-state index contributed by atoms with van der Waals surface area (Å²) in [7, 11) is 2.16. The predicted octanol–water partition coefficient (Wildman–Crippen LogP) is 2.18. The van der Waals surface area contributed by atoms with Gasteiger partial charge in [-0.15, -0.1) is 0 Å². The molecule has 2 rings (SSSR count). The molecule has 1 aromatic carbocycles. The summed E-state index contributed by atoms with van der Waals surface area (Å²) in [6.45, 7) is 1.85. The zero-order valence-electron chi connectivity index (χ0n) is 10.5. The molecule has 17 heavy (non-hydrogen) atoms. The molecule has 1 aliphatic heterocycles. The van der Waals surface area contributed by atoms with Crippen molar-refractivity contribution in [3.8, 4) is 0 Å². The van der Waals surface area contributed by atoms with Crippen LogP contribution in [0.5, 0.6) is 0 Å². The molecule has 0 aromatic heterocycles. The lowest BCUT2D eigenvalue weighted by Crippen LogP contribution is -2.47. The summed E-state index contributed by atoms with van der Waals surface area (Å²) in [5.41, 5.74) is 7.30. The van der Waals surface area contributed by atoms with E-state index in [0.717, 1.165) is 19.4 Å². The molecule has 0 saturated carbocycles. The Kier molecular flexibility index (Phi) is 3.79. The van der Waals surface area contributed by atoms with E-state index >= 15 is 0 Å². The van der Waals surface area contributed by atoms with E-state index in [1.54, 1.807) is 0 Å². The number of halogens is 1. The number of hydrogen-bond donors (Lipinski definition) is 1. The van der Waals surface area contributed by atoms with E-state index in [-0.39, 0.29) is 11.4 Å². The third-order valence-electron chi connectivity index (χ3n) is 4.12. The summed E-state index contributed by atoms with van der Waals surface area (Å²) in [5, 5.41) is 0. The Bertz CT molecular complexity index is 363. The first-order chi connectivity index (χ1) is 8.16. The van der Waals surface area contributed by atoms with E-state index in [1.807, 2.05) is 12.1 Å². The van der Waals surface area contributed by atoms with Crippen molar-refractivity contribution in [2.45, 2.75) is 31.2 Å². The largest absolute Gasteiger partial charge is 0.329 e. The van der Waals surface area contributed by atoms with Crippen LogP contribution in [0.15, 0.2) is 24.3 Å². The average Bonchev–Trinajstić information content (AvgIpc) is 2.71. The number of likely N-dealkylation sites (tertiary alicyclic amines) is 1. The molecule has 0 aliphatic carbocycles. The summed E-state index contributed by atoms with van der Waals surface area (Å²) in [5.74, 6) is -0.166. The number of benzene rings is 1. The molecule has 1 aromatic rings. The van der Waals surface area contributed by atoms with Gasteiger partial charge in [-0.1, -0.05) is 12.1 Å². The van der Waals surface area contributed by atoms with Gasteiger partial charge in [0.2, 0.25) is 0 Å². The van der Waals surface area contributed by atoms with E-state index in [4.69, 9.17) is 5.73 Å². The summed E-state index contributed by atoms with van der Waals surface area (Å²) in [4.78, 5) is 2.39. The van der Waals surface area contributed by atoms with Crippen LogP contribution in [-0.2, 0) is 6.42 Å². The van der Waals surface area contributed by atoms with Crippen molar-refractivity contribution in [2.75, 3.05) is 20.1 Å². The van der Waals surface area contributed by atoms with Crippen molar-refractivity contribution >= 4 is 0 Å². The molecule has 1 saturated heterocycles. The quantitative estimate of drug-likeness (QED) is 0.868. The van der Waals surface area contributed by atoms with E-state index in [0.29, 0.717) is 6.54 Å². The minimum absolute atomic E-state index is 0.161. The van der Waals surface area contributed by atoms with Crippen molar-refractivity contribution in [2.24, 2.45) is 5.73 Å². The second kappa shape index (κ2) is 5.15. The van der Waals surface area contributed by atoms with Gasteiger partial charge in [-0.25, -0.2) is 4.39 Å². The summed E-state index contributed by atoms with van der Waals surface area (Å²) in [6, 6.07) is 6.80. The molecule has 2 N–H and O–H groups in total. The molecule has 0 amide bonds. The normalized spacial score (nSPS) is 25.4. The van der Waals surface area contributed by atoms with Crippen molar-refractivity contribution in [1.82, 2.24) is 4.90 Å². The van der Waals surface area contributed by atoms with Gasteiger partial charge in [0.25, 0.3) is 0 Å². The van der Waals surface area contributed by atoms with Gasteiger partial charge in [-0.05, 0) is 57.0 Å². The lowest BCUT2D eigenvalue weighted by molar-refractivity contribution is 0.169. The first-order valence-electron chi connectivity index (χ1n) is 6.32. The number of likely N-dealkylation sites (N-methyl/N-ethyl adjacent to an activating group) is 1. The maximum absolute atomic E-state index is 12.8. The second-order valence-electron chi connectivity index (χ2n) is 5.08. The molecule has 94 valence electrons. The molecule has 1 heterocycles. The van der Waals surface area contributed by atoms with Gasteiger partial charge in [0.1, 0.15) is 5.82 Å². The molecule has 3 heteroatoms. The Morgan fingerprint density at radius 3 is 2.59 bits per heavy atom. The highest BCUT2D eigenvalue weighted by atomic mass is 19.1. The molecular weight excluding hydrogens is 215 g/mol. The van der Waals surface area contributed by atoms with Gasteiger partial charge in [-0.3, -0.25) is 4.90 Å². The minimum Gasteiger partial charge on any atom is -0.329 e. The smallest absolute Gasteiger partial charge is 0.123 e. The van der Waals surface area contributed by atoms with Crippen LogP contribution in [0, 0.1) is 5.82 Å². The van der Waals surface area contributed by atoms with Crippen LogP contribution in [-0.4, -0.2) is 30.6 Å². The van der Waals surface area contributed by atoms with Gasteiger partial charge < -0.3 is 5.73 Å². The highest BCUT2D eigenvalue weighted by Gasteiger charge is 2.36. The Morgan fingerprint density at radius 2 is 2.06 bits per heavy atom. The first-order valence-corrected chi connectivity index (χ1v) is 6.32. The molecule has 0 bridgehead atoms. The Balaban J connectivity index is 1.98. The summed E-state index contributed by atoms with van der Waals surface area (Å²) < 4.78 is 12.8. The van der Waals surface area contributed by atoms with E-state index in [2.05, 4.69) is 11.9 Å². The first kappa shape index (κ1) is 12.5. The molecule has 1 unspecified atom stereocenters. The van der Waals surface area contributed by atoms with Crippen molar-refractivity contribution in [3.05, 3.63) is 35.6 Å². The molecule has 2 nitrogen and oxygen atoms in total. The monoisotopic (exact) mass is 236 g/mol. The number of rotatable bonds is 4. The number of hydrogen-bond acceptors (Lipinski definition) is 2. The predicted molar refractivity (Wildman–Crippen MR) is 68.4 cm³/mol. The molecule has 0 radical (unpaired) electrons. The third-order valence-corrected chi connectivity index (χ3v) is 4.12. The average molecular weight is 236 g/mol. The van der Waals surface area contributed by atoms with Crippen LogP contribution in [0.1, 0.15) is 24.8 Å². The van der Waals surface area contributed by atoms with Crippen molar-refractivity contribution in [3.63, 3.8) is 0 Å². The molecule has 1 atom stereocenters. The van der Waals surface area contributed by atoms with Crippen LogP contribution in [0.25, 0.3) is 0 Å². The fourth-order valence-electron chi connectivity index (χ4n) is 2.78. The second-order valence-corrected chi connectivity index (χ2v) is 5.08. The van der Waals surface area contributed by atoms with Crippen LogP contribution in [0.2, 0.25) is 0 Å². The third kappa shape index (κ3) is 2.67. The van der Waals surface area contributed by atoms with Gasteiger partial charge in [-0.2, -0.15) is 0 Å². The molecule has 1 aliphatic rings. The zero-order chi connectivity index (χ0) is 12.3. The number of nitrogens with two attached hydrogens (primary N) is 1. The minimum atomic E-state index is -0.166. The number of nitrogens with zero attached hydrogens (tertiary/aromatic N) is 1. The fourth-order valence-corrected chi connectivity index (χ4v) is 2.78. The Morgan fingerprint density at radius 1 is 1.35 bits per heavy atom. The SMILES string of the molecule is CN1CCCC1(CN)CCc1ccc(F)cc1. The van der Waals surface area contributed by atoms with E-state index in [9.17, 15) is 4.39 Å². The highest BCUT2D eigenvalue weighted by molar-refractivity contribution is 5.17. The fraction of sp³-hybridized carbons (Fsp3) is 0.571. The van der Waals surface area contributed by atoms with Crippen LogP contribution < -0.4 is 5.73 Å². The zero-order valence-corrected chi connectivity index (χ0v) is 10.5. The maximum Gasteiger partial charge on any atom is 0.123 e.